The van der Waals surface area contributed by atoms with E-state index >= 15 is 0 Å². The van der Waals surface area contributed by atoms with Gasteiger partial charge in [-0.25, -0.2) is 22.7 Å². The van der Waals surface area contributed by atoms with E-state index in [1.54, 1.807) is 20.8 Å². The monoisotopic (exact) mass is 295 g/mol. The standard InChI is InChI=1S/C10H21N3O5S/c1-4-12-19(17,18)6-5-11-10(16)13-8(7(2)3)9(14)15/h7-8,12H,4-6H2,1-3H3,(H,14,15)(H2,11,13,16)/t8-/m0/s1. The Hall–Kier alpha value is -1.35. The Morgan fingerprint density at radius 1 is 1.26 bits per heavy atom. The van der Waals surface area contributed by atoms with Crippen molar-refractivity contribution in [2.24, 2.45) is 5.92 Å². The van der Waals surface area contributed by atoms with Gasteiger partial charge in [-0.2, -0.15) is 0 Å². The molecule has 0 aliphatic rings. The number of carboxylic acid groups (broad SMARTS) is 1. The lowest BCUT2D eigenvalue weighted by Crippen LogP contribution is -2.49. The van der Waals surface area contributed by atoms with Gasteiger partial charge in [-0.1, -0.05) is 20.8 Å². The minimum Gasteiger partial charge on any atom is -0.480 e. The van der Waals surface area contributed by atoms with E-state index in [-0.39, 0.29) is 24.8 Å². The highest BCUT2D eigenvalue weighted by Gasteiger charge is 2.23. The predicted molar refractivity (Wildman–Crippen MR) is 70.3 cm³/mol. The molecule has 0 heterocycles. The van der Waals surface area contributed by atoms with Crippen LogP contribution in [-0.2, 0) is 14.8 Å². The van der Waals surface area contributed by atoms with Gasteiger partial charge in [0.05, 0.1) is 5.75 Å². The summed E-state index contributed by atoms with van der Waals surface area (Å²) in [7, 11) is -3.40. The van der Waals surface area contributed by atoms with Crippen LogP contribution in [0.15, 0.2) is 0 Å². The van der Waals surface area contributed by atoms with E-state index in [9.17, 15) is 18.0 Å². The number of rotatable bonds is 8. The van der Waals surface area contributed by atoms with Crippen molar-refractivity contribution in [2.75, 3.05) is 18.8 Å². The summed E-state index contributed by atoms with van der Waals surface area (Å²) in [5, 5.41) is 13.4. The van der Waals surface area contributed by atoms with Crippen LogP contribution in [0.3, 0.4) is 0 Å². The SMILES string of the molecule is CCNS(=O)(=O)CCNC(=O)N[C@H](C(=O)O)C(C)C. The molecule has 0 saturated carbocycles. The zero-order valence-electron chi connectivity index (χ0n) is 11.3. The molecule has 0 rings (SSSR count). The van der Waals surface area contributed by atoms with Gasteiger partial charge in [-0.15, -0.1) is 0 Å². The number of urea groups is 1. The third kappa shape index (κ3) is 7.62. The molecule has 4 N–H and O–H groups in total. The van der Waals surface area contributed by atoms with Gasteiger partial charge in [-0.3, -0.25) is 0 Å². The topological polar surface area (TPSA) is 125 Å². The summed E-state index contributed by atoms with van der Waals surface area (Å²) < 4.78 is 24.8. The molecule has 0 radical (unpaired) electrons. The molecule has 0 bridgehead atoms. The predicted octanol–water partition coefficient (Wildman–Crippen LogP) is -0.666. The zero-order chi connectivity index (χ0) is 15.1. The van der Waals surface area contributed by atoms with E-state index < -0.39 is 28.1 Å². The molecular weight excluding hydrogens is 274 g/mol. The van der Waals surface area contributed by atoms with E-state index in [1.807, 2.05) is 0 Å². The number of nitrogens with one attached hydrogen (secondary N) is 3. The van der Waals surface area contributed by atoms with Crippen molar-refractivity contribution in [2.45, 2.75) is 26.8 Å². The highest BCUT2D eigenvalue weighted by atomic mass is 32.2. The van der Waals surface area contributed by atoms with Crippen LogP contribution in [0, 0.1) is 5.92 Å². The summed E-state index contributed by atoms with van der Waals surface area (Å²) >= 11 is 0. The van der Waals surface area contributed by atoms with Gasteiger partial charge in [0.1, 0.15) is 6.04 Å². The molecule has 0 aliphatic carbocycles. The van der Waals surface area contributed by atoms with Crippen molar-refractivity contribution in [3.8, 4) is 0 Å². The molecule has 0 aromatic heterocycles. The number of sulfonamides is 1. The fourth-order valence-corrected chi connectivity index (χ4v) is 2.25. The first-order chi connectivity index (χ1) is 8.69. The first kappa shape index (κ1) is 17.6. The normalized spacial score (nSPS) is 13.1. The molecule has 0 fully saturated rings. The van der Waals surface area contributed by atoms with E-state index in [0.717, 1.165) is 0 Å². The molecule has 9 heteroatoms. The average molecular weight is 295 g/mol. The minimum atomic E-state index is -3.40. The second kappa shape index (κ2) is 7.95. The number of amides is 2. The fourth-order valence-electron chi connectivity index (χ4n) is 1.30. The summed E-state index contributed by atoms with van der Waals surface area (Å²) in [6.45, 7) is 5.16. The van der Waals surface area contributed by atoms with Crippen molar-refractivity contribution >= 4 is 22.0 Å². The molecule has 0 unspecified atom stereocenters. The lowest BCUT2D eigenvalue weighted by atomic mass is 10.1. The van der Waals surface area contributed by atoms with Crippen molar-refractivity contribution in [3.05, 3.63) is 0 Å². The molecule has 112 valence electrons. The van der Waals surface area contributed by atoms with Crippen LogP contribution in [0.5, 0.6) is 0 Å². The second-order valence-electron chi connectivity index (χ2n) is 4.28. The molecule has 0 aliphatic heterocycles. The number of carbonyl (C=O) groups is 2. The second-order valence-corrected chi connectivity index (χ2v) is 6.20. The van der Waals surface area contributed by atoms with Crippen molar-refractivity contribution in [1.29, 1.82) is 0 Å². The van der Waals surface area contributed by atoms with Crippen LogP contribution < -0.4 is 15.4 Å². The molecule has 0 aromatic carbocycles. The number of carbonyl (C=O) groups excluding carboxylic acids is 1. The molecule has 0 aromatic rings. The maximum Gasteiger partial charge on any atom is 0.326 e. The largest absolute Gasteiger partial charge is 0.480 e. The third-order valence-electron chi connectivity index (χ3n) is 2.24. The summed E-state index contributed by atoms with van der Waals surface area (Å²) in [4.78, 5) is 22.3. The minimum absolute atomic E-state index is 0.0917. The lowest BCUT2D eigenvalue weighted by molar-refractivity contribution is -0.140. The van der Waals surface area contributed by atoms with Crippen LogP contribution in [0.1, 0.15) is 20.8 Å². The molecule has 0 spiro atoms. The third-order valence-corrected chi connectivity index (χ3v) is 3.71. The molecule has 19 heavy (non-hydrogen) atoms. The van der Waals surface area contributed by atoms with Gasteiger partial charge in [0.2, 0.25) is 10.0 Å². The Bertz CT molecular complexity index is 407. The van der Waals surface area contributed by atoms with Gasteiger partial charge < -0.3 is 15.7 Å². The number of aliphatic carboxylic acids is 1. The molecule has 1 atom stereocenters. The number of hydrogen-bond acceptors (Lipinski definition) is 4. The van der Waals surface area contributed by atoms with Crippen LogP contribution in [0.2, 0.25) is 0 Å². The Balaban J connectivity index is 4.16. The zero-order valence-corrected chi connectivity index (χ0v) is 12.1. The highest BCUT2D eigenvalue weighted by Crippen LogP contribution is 2.01. The molecular formula is C10H21N3O5S. The van der Waals surface area contributed by atoms with Crippen LogP contribution in [-0.4, -0.2) is 50.4 Å². The highest BCUT2D eigenvalue weighted by molar-refractivity contribution is 7.89. The van der Waals surface area contributed by atoms with Crippen molar-refractivity contribution in [3.63, 3.8) is 0 Å². The molecule has 2 amide bonds. The first-order valence-electron chi connectivity index (χ1n) is 5.94. The van der Waals surface area contributed by atoms with Gasteiger partial charge in [0.15, 0.2) is 0 Å². The summed E-state index contributed by atoms with van der Waals surface area (Å²) in [6, 6.07) is -1.71. The van der Waals surface area contributed by atoms with Crippen molar-refractivity contribution < 1.29 is 23.1 Å². The fraction of sp³-hybridized carbons (Fsp3) is 0.800. The van der Waals surface area contributed by atoms with Crippen LogP contribution in [0.25, 0.3) is 0 Å². The van der Waals surface area contributed by atoms with Crippen LogP contribution in [0.4, 0.5) is 4.79 Å². The average Bonchev–Trinajstić information content (AvgIpc) is 2.24. The smallest absolute Gasteiger partial charge is 0.326 e. The van der Waals surface area contributed by atoms with E-state index in [4.69, 9.17) is 5.11 Å². The summed E-state index contributed by atoms with van der Waals surface area (Å²) in [6.07, 6.45) is 0. The number of carboxylic acids is 1. The molecule has 0 saturated heterocycles. The summed E-state index contributed by atoms with van der Waals surface area (Å²) in [5.74, 6) is -1.66. The quantitative estimate of drug-likeness (QED) is 0.473. The van der Waals surface area contributed by atoms with Gasteiger partial charge in [0, 0.05) is 13.1 Å². The Labute approximate surface area is 113 Å². The summed E-state index contributed by atoms with van der Waals surface area (Å²) in [5.41, 5.74) is 0. The van der Waals surface area contributed by atoms with Crippen molar-refractivity contribution in [1.82, 2.24) is 15.4 Å². The first-order valence-corrected chi connectivity index (χ1v) is 7.59. The Morgan fingerprint density at radius 3 is 2.26 bits per heavy atom. The Morgan fingerprint density at radius 2 is 1.84 bits per heavy atom. The van der Waals surface area contributed by atoms with Gasteiger partial charge in [0.25, 0.3) is 0 Å². The van der Waals surface area contributed by atoms with Gasteiger partial charge in [-0.05, 0) is 5.92 Å². The van der Waals surface area contributed by atoms with E-state index in [1.165, 1.54) is 0 Å². The number of hydrogen-bond donors (Lipinski definition) is 4. The van der Waals surface area contributed by atoms with Crippen LogP contribution >= 0.6 is 0 Å². The van der Waals surface area contributed by atoms with E-state index in [0.29, 0.717) is 0 Å². The molecule has 8 nitrogen and oxygen atoms in total. The van der Waals surface area contributed by atoms with Gasteiger partial charge >= 0.3 is 12.0 Å². The Kier molecular flexibility index (Phi) is 7.38. The lowest BCUT2D eigenvalue weighted by Gasteiger charge is -2.18. The van der Waals surface area contributed by atoms with E-state index in [2.05, 4.69) is 15.4 Å². The maximum absolute atomic E-state index is 11.4. The maximum atomic E-state index is 11.4.